The van der Waals surface area contributed by atoms with Crippen LogP contribution in [0.5, 0.6) is 0 Å². The Morgan fingerprint density at radius 3 is 2.41 bits per heavy atom. The lowest BCUT2D eigenvalue weighted by molar-refractivity contribution is -0.201. The van der Waals surface area contributed by atoms with Crippen molar-refractivity contribution in [3.05, 3.63) is 35.4 Å². The molecule has 0 spiro atoms. The first kappa shape index (κ1) is 24.1. The van der Waals surface area contributed by atoms with Crippen LogP contribution in [-0.2, 0) is 0 Å². The van der Waals surface area contributed by atoms with Crippen molar-refractivity contribution in [1.82, 2.24) is 4.90 Å². The molecule has 5 nitrogen and oxygen atoms in total. The Morgan fingerprint density at radius 1 is 1.03 bits per heavy atom. The smallest absolute Gasteiger partial charge is 0.260 e. The van der Waals surface area contributed by atoms with Crippen LogP contribution in [0.2, 0.25) is 0 Å². The summed E-state index contributed by atoms with van der Waals surface area (Å²) in [7, 11) is 0. The number of halogens is 2. The number of piperidine rings is 1. The molecule has 7 heteroatoms. The Hall–Kier alpha value is -1.57. The van der Waals surface area contributed by atoms with Gasteiger partial charge in [-0.05, 0) is 93.1 Å². The van der Waals surface area contributed by atoms with E-state index >= 15 is 0 Å². The highest BCUT2D eigenvalue weighted by molar-refractivity contribution is 5.95. The van der Waals surface area contributed by atoms with Gasteiger partial charge < -0.3 is 20.2 Å². The molecule has 1 aromatic carbocycles. The van der Waals surface area contributed by atoms with Crippen molar-refractivity contribution in [1.29, 1.82) is 0 Å². The van der Waals surface area contributed by atoms with E-state index in [-0.39, 0.29) is 29.8 Å². The summed E-state index contributed by atoms with van der Waals surface area (Å²) in [5.74, 6) is -1.67. The van der Waals surface area contributed by atoms with Gasteiger partial charge in [-0.15, -0.1) is 0 Å². The van der Waals surface area contributed by atoms with Crippen LogP contribution >= 0.6 is 0 Å². The lowest BCUT2D eigenvalue weighted by Gasteiger charge is -2.65. The van der Waals surface area contributed by atoms with E-state index in [2.05, 4.69) is 13.8 Å². The number of carbonyl (C=O) groups excluding carboxylic acids is 1. The standard InChI is InChI=1S/C27H37F2NO4/c1-26-13-15(14-31)23(32)24(33)19(26)9-8-16-17(26)10-11-27(2)18(16)5-4-12-30(27)25(34)22-20(28)6-3-7-21(22)29/h3,6-7,15-19,23-24,31-33H,4-5,8-14H2,1-2H3/t15-,16+,17?,18-,19?,23-,24+,26+,27-/m0/s1. The molecule has 1 aromatic rings. The molecule has 34 heavy (non-hydrogen) atoms. The Bertz CT molecular complexity index is 938. The van der Waals surface area contributed by atoms with E-state index in [0.29, 0.717) is 24.8 Å². The monoisotopic (exact) mass is 477 g/mol. The maximum atomic E-state index is 14.5. The van der Waals surface area contributed by atoms with Crippen molar-refractivity contribution in [3.63, 3.8) is 0 Å². The number of amides is 1. The molecule has 4 fully saturated rings. The summed E-state index contributed by atoms with van der Waals surface area (Å²) < 4.78 is 29.0. The number of fused-ring (bicyclic) bond motifs is 5. The number of nitrogens with zero attached hydrogens (tertiary/aromatic N) is 1. The fourth-order valence-corrected chi connectivity index (χ4v) is 8.78. The molecule has 1 amide bonds. The zero-order valence-corrected chi connectivity index (χ0v) is 20.1. The molecular formula is C27H37F2NO4. The zero-order valence-electron chi connectivity index (χ0n) is 20.1. The van der Waals surface area contributed by atoms with E-state index in [1.165, 1.54) is 6.07 Å². The molecule has 3 saturated carbocycles. The van der Waals surface area contributed by atoms with Crippen LogP contribution in [0.15, 0.2) is 18.2 Å². The van der Waals surface area contributed by atoms with E-state index in [1.807, 2.05) is 0 Å². The van der Waals surface area contributed by atoms with E-state index in [1.54, 1.807) is 4.90 Å². The largest absolute Gasteiger partial charge is 0.396 e. The first-order chi connectivity index (χ1) is 16.1. The predicted octanol–water partition coefficient (Wildman–Crippen LogP) is 3.75. The second-order valence-corrected chi connectivity index (χ2v) is 11.8. The molecule has 9 atom stereocenters. The minimum Gasteiger partial charge on any atom is -0.396 e. The Morgan fingerprint density at radius 2 is 1.74 bits per heavy atom. The van der Waals surface area contributed by atoms with Gasteiger partial charge in [0.25, 0.3) is 5.91 Å². The molecule has 1 heterocycles. The van der Waals surface area contributed by atoms with Crippen molar-refractivity contribution < 1.29 is 28.9 Å². The number of aliphatic hydroxyl groups excluding tert-OH is 3. The molecule has 2 unspecified atom stereocenters. The van der Waals surface area contributed by atoms with E-state index in [0.717, 1.165) is 50.7 Å². The summed E-state index contributed by atoms with van der Waals surface area (Å²) >= 11 is 0. The summed E-state index contributed by atoms with van der Waals surface area (Å²) in [6, 6.07) is 3.56. The van der Waals surface area contributed by atoms with Crippen LogP contribution in [0.4, 0.5) is 8.78 Å². The van der Waals surface area contributed by atoms with Crippen LogP contribution < -0.4 is 0 Å². The number of hydrogen-bond donors (Lipinski definition) is 3. The van der Waals surface area contributed by atoms with Crippen molar-refractivity contribution in [2.24, 2.45) is 35.0 Å². The molecule has 1 saturated heterocycles. The lowest BCUT2D eigenvalue weighted by atomic mass is 9.43. The van der Waals surface area contributed by atoms with Crippen LogP contribution in [0.25, 0.3) is 0 Å². The lowest BCUT2D eigenvalue weighted by Crippen LogP contribution is -2.66. The van der Waals surface area contributed by atoms with Crippen LogP contribution in [0, 0.1) is 46.6 Å². The first-order valence-electron chi connectivity index (χ1n) is 12.9. The Balaban J connectivity index is 1.46. The van der Waals surface area contributed by atoms with Gasteiger partial charge in [-0.2, -0.15) is 0 Å². The highest BCUT2D eigenvalue weighted by Gasteiger charge is 2.62. The molecule has 1 aliphatic heterocycles. The normalized spacial score (nSPS) is 44.1. The fraction of sp³-hybridized carbons (Fsp3) is 0.741. The molecule has 0 aromatic heterocycles. The minimum atomic E-state index is -0.896. The van der Waals surface area contributed by atoms with Crippen molar-refractivity contribution in [2.45, 2.75) is 76.5 Å². The van der Waals surface area contributed by atoms with Crippen molar-refractivity contribution in [2.75, 3.05) is 13.2 Å². The molecule has 188 valence electrons. The fourth-order valence-electron chi connectivity index (χ4n) is 8.78. The quantitative estimate of drug-likeness (QED) is 0.606. The van der Waals surface area contributed by atoms with Crippen LogP contribution in [-0.4, -0.2) is 57.0 Å². The van der Waals surface area contributed by atoms with E-state index < -0.39 is 40.9 Å². The number of rotatable bonds is 2. The third kappa shape index (κ3) is 3.37. The zero-order chi connectivity index (χ0) is 24.4. The maximum Gasteiger partial charge on any atom is 0.260 e. The van der Waals surface area contributed by atoms with Gasteiger partial charge in [-0.1, -0.05) is 13.0 Å². The Kier molecular flexibility index (Phi) is 6.05. The van der Waals surface area contributed by atoms with Crippen molar-refractivity contribution in [3.8, 4) is 0 Å². The summed E-state index contributed by atoms with van der Waals surface area (Å²) in [6.07, 6.45) is 4.03. The number of carbonyl (C=O) groups is 1. The SMILES string of the molecule is C[C@]12C[C@@H](CO)[C@H](O)[C@H](O)C1CC[C@@H]1C2CC[C@@]2(C)[C@H]1CCCN2C(=O)c1c(F)cccc1F. The van der Waals surface area contributed by atoms with Gasteiger partial charge >= 0.3 is 0 Å². The van der Waals surface area contributed by atoms with Gasteiger partial charge in [0.1, 0.15) is 17.2 Å². The van der Waals surface area contributed by atoms with Crippen LogP contribution in [0.1, 0.15) is 69.2 Å². The summed E-state index contributed by atoms with van der Waals surface area (Å²) in [6.45, 7) is 4.66. The molecular weight excluding hydrogens is 440 g/mol. The summed E-state index contributed by atoms with van der Waals surface area (Å²) in [5, 5.41) is 31.4. The highest BCUT2D eigenvalue weighted by Crippen LogP contribution is 2.64. The molecule has 0 bridgehead atoms. The molecule has 5 rings (SSSR count). The third-order valence-corrected chi connectivity index (χ3v) is 10.4. The predicted molar refractivity (Wildman–Crippen MR) is 123 cm³/mol. The van der Waals surface area contributed by atoms with Gasteiger partial charge in [0.15, 0.2) is 0 Å². The van der Waals surface area contributed by atoms with Gasteiger partial charge in [-0.3, -0.25) is 4.79 Å². The highest BCUT2D eigenvalue weighted by atomic mass is 19.1. The van der Waals surface area contributed by atoms with Gasteiger partial charge in [0, 0.05) is 24.6 Å². The summed E-state index contributed by atoms with van der Waals surface area (Å²) in [5.41, 5.74) is -1.13. The van der Waals surface area contributed by atoms with Gasteiger partial charge in [0.05, 0.1) is 12.2 Å². The third-order valence-electron chi connectivity index (χ3n) is 10.4. The number of likely N-dealkylation sites (tertiary alicyclic amines) is 1. The number of hydrogen-bond acceptors (Lipinski definition) is 4. The molecule has 4 aliphatic rings. The first-order valence-corrected chi connectivity index (χ1v) is 12.9. The molecule has 0 radical (unpaired) electrons. The topological polar surface area (TPSA) is 81.0 Å². The molecule has 3 aliphatic carbocycles. The van der Waals surface area contributed by atoms with E-state index in [9.17, 15) is 28.9 Å². The van der Waals surface area contributed by atoms with E-state index in [4.69, 9.17) is 0 Å². The minimum absolute atomic E-state index is 0.00950. The van der Waals surface area contributed by atoms with Gasteiger partial charge in [-0.25, -0.2) is 8.78 Å². The molecule has 3 N–H and O–H groups in total. The summed E-state index contributed by atoms with van der Waals surface area (Å²) in [4.78, 5) is 15.2. The van der Waals surface area contributed by atoms with Gasteiger partial charge in [0.2, 0.25) is 0 Å². The number of benzene rings is 1. The van der Waals surface area contributed by atoms with Crippen molar-refractivity contribution >= 4 is 5.91 Å². The maximum absolute atomic E-state index is 14.5. The Labute approximate surface area is 200 Å². The second-order valence-electron chi connectivity index (χ2n) is 11.8. The average Bonchev–Trinajstić information content (AvgIpc) is 2.80. The number of aliphatic hydroxyl groups is 3. The second kappa shape index (κ2) is 8.52. The average molecular weight is 478 g/mol. The van der Waals surface area contributed by atoms with Crippen LogP contribution in [0.3, 0.4) is 0 Å².